The van der Waals surface area contributed by atoms with Gasteiger partial charge in [0.1, 0.15) is 0 Å². The second kappa shape index (κ2) is 10.9. The van der Waals surface area contributed by atoms with E-state index in [1.165, 1.54) is 10.6 Å². The SMILES string of the molecule is CCc1c(-c2ccc(OC)c(OC)c2)[nH]c2ccc(C(=O)N(C)Cc3csc(C4CCNCC4)n3)cc12. The molecule has 2 aromatic carbocycles. The third-order valence-corrected chi connectivity index (χ3v) is 8.24. The Morgan fingerprint density at radius 2 is 1.89 bits per heavy atom. The summed E-state index contributed by atoms with van der Waals surface area (Å²) >= 11 is 1.72. The minimum Gasteiger partial charge on any atom is -0.493 e. The van der Waals surface area contributed by atoms with Crippen LogP contribution in [0.15, 0.2) is 41.8 Å². The number of amides is 1. The number of rotatable bonds is 8. The largest absolute Gasteiger partial charge is 0.493 e. The quantitative estimate of drug-likeness (QED) is 0.317. The van der Waals surface area contributed by atoms with Crippen LogP contribution >= 0.6 is 11.3 Å². The van der Waals surface area contributed by atoms with Gasteiger partial charge in [-0.25, -0.2) is 4.98 Å². The van der Waals surface area contributed by atoms with Crippen molar-refractivity contribution < 1.29 is 14.3 Å². The number of thiazole rings is 1. The van der Waals surface area contributed by atoms with Crippen LogP contribution < -0.4 is 14.8 Å². The lowest BCUT2D eigenvalue weighted by molar-refractivity contribution is 0.0783. The molecule has 3 heterocycles. The van der Waals surface area contributed by atoms with Gasteiger partial charge in [0.05, 0.1) is 31.5 Å². The monoisotopic (exact) mass is 518 g/mol. The molecule has 1 aliphatic rings. The molecule has 1 aliphatic heterocycles. The lowest BCUT2D eigenvalue weighted by atomic mass is 9.99. The number of hydrogen-bond donors (Lipinski definition) is 2. The van der Waals surface area contributed by atoms with Crippen LogP contribution in [0.1, 0.15) is 52.3 Å². The van der Waals surface area contributed by atoms with E-state index in [0.29, 0.717) is 29.5 Å². The topological polar surface area (TPSA) is 79.5 Å². The summed E-state index contributed by atoms with van der Waals surface area (Å²) in [5.41, 5.74) is 5.86. The van der Waals surface area contributed by atoms with Crippen molar-refractivity contribution in [2.45, 2.75) is 38.6 Å². The highest BCUT2D eigenvalue weighted by molar-refractivity contribution is 7.09. The Kier molecular flexibility index (Phi) is 7.48. The molecule has 2 N–H and O–H groups in total. The number of aryl methyl sites for hydroxylation is 1. The average Bonchev–Trinajstić information content (AvgIpc) is 3.56. The number of ether oxygens (including phenoxy) is 2. The fourth-order valence-electron chi connectivity index (χ4n) is 5.17. The fourth-order valence-corrected chi connectivity index (χ4v) is 6.16. The van der Waals surface area contributed by atoms with Crippen molar-refractivity contribution in [3.8, 4) is 22.8 Å². The van der Waals surface area contributed by atoms with E-state index in [-0.39, 0.29) is 5.91 Å². The fraction of sp³-hybridized carbons (Fsp3) is 0.379. The van der Waals surface area contributed by atoms with Crippen molar-refractivity contribution >= 4 is 28.1 Å². The molecule has 0 bridgehead atoms. The average molecular weight is 519 g/mol. The summed E-state index contributed by atoms with van der Waals surface area (Å²) in [6.07, 6.45) is 3.09. The molecule has 0 atom stereocenters. The number of aromatic amines is 1. The smallest absolute Gasteiger partial charge is 0.253 e. The van der Waals surface area contributed by atoms with Crippen LogP contribution in [0.2, 0.25) is 0 Å². The molecule has 0 saturated carbocycles. The van der Waals surface area contributed by atoms with Gasteiger partial charge >= 0.3 is 0 Å². The van der Waals surface area contributed by atoms with Crippen molar-refractivity contribution in [1.82, 2.24) is 20.2 Å². The number of carbonyl (C=O) groups is 1. The van der Waals surface area contributed by atoms with Crippen molar-refractivity contribution in [3.05, 3.63) is 63.6 Å². The van der Waals surface area contributed by atoms with Crippen LogP contribution in [0.3, 0.4) is 0 Å². The number of hydrogen-bond acceptors (Lipinski definition) is 6. The number of piperidine rings is 1. The minimum atomic E-state index is -0.00534. The molecule has 1 amide bonds. The van der Waals surface area contributed by atoms with Crippen LogP contribution in [-0.2, 0) is 13.0 Å². The molecular formula is C29H34N4O3S. The maximum Gasteiger partial charge on any atom is 0.253 e. The predicted octanol–water partition coefficient (Wildman–Crippen LogP) is 5.61. The van der Waals surface area contributed by atoms with Gasteiger partial charge in [0.25, 0.3) is 5.91 Å². The first-order valence-corrected chi connectivity index (χ1v) is 13.7. The number of aromatic nitrogens is 2. The van der Waals surface area contributed by atoms with E-state index >= 15 is 0 Å². The van der Waals surface area contributed by atoms with Gasteiger partial charge in [-0.1, -0.05) is 6.92 Å². The molecule has 0 aliphatic carbocycles. The molecule has 37 heavy (non-hydrogen) atoms. The van der Waals surface area contributed by atoms with Gasteiger partial charge in [0.15, 0.2) is 11.5 Å². The Hall–Kier alpha value is -3.36. The summed E-state index contributed by atoms with van der Waals surface area (Å²) in [4.78, 5) is 23.6. The van der Waals surface area contributed by atoms with Crippen LogP contribution in [0, 0.1) is 0 Å². The van der Waals surface area contributed by atoms with Crippen molar-refractivity contribution in [2.75, 3.05) is 34.4 Å². The van der Waals surface area contributed by atoms with Crippen LogP contribution in [0.25, 0.3) is 22.2 Å². The molecule has 194 valence electrons. The summed E-state index contributed by atoms with van der Waals surface area (Å²) in [5.74, 6) is 1.90. The van der Waals surface area contributed by atoms with Gasteiger partial charge in [0, 0.05) is 46.1 Å². The Labute approximate surface area is 221 Å². The lowest BCUT2D eigenvalue weighted by Gasteiger charge is -2.20. The van der Waals surface area contributed by atoms with Gasteiger partial charge in [-0.2, -0.15) is 0 Å². The molecule has 0 spiro atoms. The van der Waals surface area contributed by atoms with Gasteiger partial charge < -0.3 is 24.7 Å². The molecule has 1 fully saturated rings. The first-order valence-electron chi connectivity index (χ1n) is 12.8. The van der Waals surface area contributed by atoms with E-state index in [9.17, 15) is 4.79 Å². The maximum atomic E-state index is 13.4. The Bertz CT molecular complexity index is 1400. The van der Waals surface area contributed by atoms with Crippen molar-refractivity contribution in [2.24, 2.45) is 0 Å². The third-order valence-electron chi connectivity index (χ3n) is 7.18. The van der Waals surface area contributed by atoms with Gasteiger partial charge in [-0.3, -0.25) is 4.79 Å². The molecule has 7 nitrogen and oxygen atoms in total. The second-order valence-corrected chi connectivity index (χ2v) is 10.4. The summed E-state index contributed by atoms with van der Waals surface area (Å²) in [5, 5.41) is 7.77. The van der Waals surface area contributed by atoms with Gasteiger partial charge in [-0.15, -0.1) is 11.3 Å². The first-order chi connectivity index (χ1) is 18.0. The summed E-state index contributed by atoms with van der Waals surface area (Å²) in [6.45, 7) is 4.73. The summed E-state index contributed by atoms with van der Waals surface area (Å²) in [6, 6.07) is 11.8. The van der Waals surface area contributed by atoms with E-state index in [4.69, 9.17) is 14.5 Å². The number of nitrogens with one attached hydrogen (secondary N) is 2. The Morgan fingerprint density at radius 3 is 2.62 bits per heavy atom. The standard InChI is InChI=1S/C29H34N4O3S/c1-5-22-23-14-20(6-8-24(23)32-27(22)19-7-9-25(35-3)26(15-19)36-4)29(34)33(2)16-21-17-37-28(31-21)18-10-12-30-13-11-18/h6-9,14-15,17-18,30,32H,5,10-13,16H2,1-4H3. The van der Waals surface area contributed by atoms with E-state index < -0.39 is 0 Å². The van der Waals surface area contributed by atoms with Crippen LogP contribution in [0.5, 0.6) is 11.5 Å². The number of benzene rings is 2. The van der Waals surface area contributed by atoms with Crippen molar-refractivity contribution in [3.63, 3.8) is 0 Å². The molecule has 1 saturated heterocycles. The summed E-state index contributed by atoms with van der Waals surface area (Å²) in [7, 11) is 5.13. The van der Waals surface area contributed by atoms with Gasteiger partial charge in [0.2, 0.25) is 0 Å². The minimum absolute atomic E-state index is 0.00534. The third kappa shape index (κ3) is 5.08. The number of nitrogens with zero attached hydrogens (tertiary/aromatic N) is 2. The molecule has 8 heteroatoms. The molecule has 4 aromatic rings. The lowest BCUT2D eigenvalue weighted by Crippen LogP contribution is -2.27. The number of fused-ring (bicyclic) bond motifs is 1. The van der Waals surface area contributed by atoms with E-state index in [1.54, 1.807) is 30.5 Å². The normalized spacial score (nSPS) is 14.2. The maximum absolute atomic E-state index is 13.4. The van der Waals surface area contributed by atoms with Crippen LogP contribution in [-0.4, -0.2) is 55.1 Å². The number of carbonyl (C=O) groups excluding carboxylic acids is 1. The molecule has 0 unspecified atom stereocenters. The van der Waals surface area contributed by atoms with E-state index in [2.05, 4.69) is 22.6 Å². The van der Waals surface area contributed by atoms with Gasteiger partial charge in [-0.05, 0) is 74.3 Å². The number of H-pyrrole nitrogens is 1. The highest BCUT2D eigenvalue weighted by Gasteiger charge is 2.21. The Morgan fingerprint density at radius 1 is 1.11 bits per heavy atom. The van der Waals surface area contributed by atoms with E-state index in [1.807, 2.05) is 43.4 Å². The predicted molar refractivity (Wildman–Crippen MR) is 149 cm³/mol. The highest BCUT2D eigenvalue weighted by Crippen LogP contribution is 2.36. The molecular weight excluding hydrogens is 484 g/mol. The Balaban J connectivity index is 1.38. The zero-order valence-electron chi connectivity index (χ0n) is 21.9. The molecule has 0 radical (unpaired) electrons. The van der Waals surface area contributed by atoms with E-state index in [0.717, 1.165) is 60.2 Å². The molecule has 5 rings (SSSR count). The van der Waals surface area contributed by atoms with Crippen molar-refractivity contribution in [1.29, 1.82) is 0 Å². The molecule has 2 aromatic heterocycles. The zero-order valence-corrected chi connectivity index (χ0v) is 22.7. The number of methoxy groups -OCH3 is 2. The van der Waals surface area contributed by atoms with Crippen LogP contribution in [0.4, 0.5) is 0 Å². The summed E-state index contributed by atoms with van der Waals surface area (Å²) < 4.78 is 10.9. The zero-order chi connectivity index (χ0) is 25.9. The first kappa shape index (κ1) is 25.3. The second-order valence-electron chi connectivity index (χ2n) is 9.52. The highest BCUT2D eigenvalue weighted by atomic mass is 32.1.